The topological polar surface area (TPSA) is 77.2 Å². The number of halogens is 1. The van der Waals surface area contributed by atoms with Crippen LogP contribution in [0.4, 0.5) is 5.82 Å². The van der Waals surface area contributed by atoms with E-state index in [1.54, 1.807) is 42.3 Å². The van der Waals surface area contributed by atoms with E-state index in [0.29, 0.717) is 22.9 Å². The molecule has 0 unspecified atom stereocenters. The third-order valence-corrected chi connectivity index (χ3v) is 3.35. The van der Waals surface area contributed by atoms with Crippen LogP contribution in [0.2, 0.25) is 5.02 Å². The molecule has 1 aromatic heterocycles. The van der Waals surface area contributed by atoms with E-state index < -0.39 is 5.97 Å². The zero-order chi connectivity index (χ0) is 15.4. The first-order valence-corrected chi connectivity index (χ1v) is 6.48. The highest BCUT2D eigenvalue weighted by Gasteiger charge is 2.12. The molecule has 1 aromatic carbocycles. The van der Waals surface area contributed by atoms with Gasteiger partial charge in [0.25, 0.3) is 0 Å². The minimum atomic E-state index is -0.957. The summed E-state index contributed by atoms with van der Waals surface area (Å²) < 4.78 is 0. The monoisotopic (exact) mass is 301 g/mol. The van der Waals surface area contributed by atoms with Crippen LogP contribution in [0.1, 0.15) is 21.5 Å². The summed E-state index contributed by atoms with van der Waals surface area (Å²) in [6.45, 7) is 0.501. The minimum absolute atomic E-state index is 0.240. The van der Waals surface area contributed by atoms with Gasteiger partial charge >= 0.3 is 5.97 Å². The van der Waals surface area contributed by atoms with Gasteiger partial charge in [-0.2, -0.15) is 5.26 Å². The summed E-state index contributed by atoms with van der Waals surface area (Å²) in [5, 5.41) is 18.1. The number of nitriles is 1. The molecule has 2 aromatic rings. The van der Waals surface area contributed by atoms with Crippen molar-refractivity contribution in [1.82, 2.24) is 4.98 Å². The summed E-state index contributed by atoms with van der Waals surface area (Å²) in [5.41, 5.74) is 1.53. The highest BCUT2D eigenvalue weighted by atomic mass is 35.5. The van der Waals surface area contributed by atoms with Gasteiger partial charge in [0.2, 0.25) is 0 Å². The van der Waals surface area contributed by atoms with E-state index in [9.17, 15) is 4.79 Å². The highest BCUT2D eigenvalue weighted by Crippen LogP contribution is 2.26. The van der Waals surface area contributed by atoms with E-state index >= 15 is 0 Å². The summed E-state index contributed by atoms with van der Waals surface area (Å²) >= 11 is 6.13. The molecule has 0 bridgehead atoms. The molecule has 0 aliphatic heterocycles. The van der Waals surface area contributed by atoms with Crippen molar-refractivity contribution in [2.45, 2.75) is 6.54 Å². The molecule has 0 fully saturated rings. The molecular formula is C15H12ClN3O2. The van der Waals surface area contributed by atoms with Crippen molar-refractivity contribution in [2.75, 3.05) is 11.9 Å². The first-order chi connectivity index (χ1) is 10.0. The Labute approximate surface area is 127 Å². The predicted molar refractivity (Wildman–Crippen MR) is 79.5 cm³/mol. The quantitative estimate of drug-likeness (QED) is 0.939. The number of hydrogen-bond acceptors (Lipinski definition) is 4. The standard InChI is InChI=1S/C15H12ClN3O2/c1-19(14-13(16)12(8-17)6-7-18-14)9-10-2-4-11(5-3-10)15(20)21/h2-7H,9H2,1H3,(H,20,21). The third kappa shape index (κ3) is 3.30. The molecule has 0 aliphatic carbocycles. The molecule has 0 amide bonds. The maximum atomic E-state index is 10.8. The zero-order valence-corrected chi connectivity index (χ0v) is 12.0. The molecule has 0 saturated carbocycles. The number of hydrogen-bond donors (Lipinski definition) is 1. The van der Waals surface area contributed by atoms with Crippen molar-refractivity contribution in [3.05, 3.63) is 58.2 Å². The Balaban J connectivity index is 2.20. The molecule has 5 nitrogen and oxygen atoms in total. The van der Waals surface area contributed by atoms with Gasteiger partial charge in [0, 0.05) is 19.8 Å². The third-order valence-electron chi connectivity index (χ3n) is 2.97. The van der Waals surface area contributed by atoms with E-state index in [1.807, 2.05) is 6.07 Å². The fraction of sp³-hybridized carbons (Fsp3) is 0.133. The van der Waals surface area contributed by atoms with E-state index in [0.717, 1.165) is 5.56 Å². The first kappa shape index (κ1) is 14.8. The van der Waals surface area contributed by atoms with Crippen LogP contribution in [-0.4, -0.2) is 23.1 Å². The molecule has 0 aliphatic rings. The summed E-state index contributed by atoms with van der Waals surface area (Å²) in [5.74, 6) is -0.445. The van der Waals surface area contributed by atoms with Gasteiger partial charge in [0.05, 0.1) is 11.1 Å². The van der Waals surface area contributed by atoms with Gasteiger partial charge in [-0.15, -0.1) is 0 Å². The lowest BCUT2D eigenvalue weighted by Gasteiger charge is -2.19. The average molecular weight is 302 g/mol. The van der Waals surface area contributed by atoms with Gasteiger partial charge in [-0.3, -0.25) is 0 Å². The molecule has 1 N–H and O–H groups in total. The van der Waals surface area contributed by atoms with Crippen molar-refractivity contribution >= 4 is 23.4 Å². The van der Waals surface area contributed by atoms with Gasteiger partial charge in [-0.25, -0.2) is 9.78 Å². The number of aromatic nitrogens is 1. The van der Waals surface area contributed by atoms with Crippen molar-refractivity contribution in [2.24, 2.45) is 0 Å². The zero-order valence-electron chi connectivity index (χ0n) is 11.2. The first-order valence-electron chi connectivity index (χ1n) is 6.11. The second-order valence-corrected chi connectivity index (χ2v) is 4.84. The van der Waals surface area contributed by atoms with Crippen LogP contribution in [-0.2, 0) is 6.54 Å². The van der Waals surface area contributed by atoms with Gasteiger partial charge in [0.15, 0.2) is 0 Å². The smallest absolute Gasteiger partial charge is 0.335 e. The number of anilines is 1. The summed E-state index contributed by atoms with van der Waals surface area (Å²) in [4.78, 5) is 16.8. The normalized spacial score (nSPS) is 9.95. The van der Waals surface area contributed by atoms with Crippen molar-refractivity contribution in [1.29, 1.82) is 5.26 Å². The molecule has 0 atom stereocenters. The molecule has 106 valence electrons. The van der Waals surface area contributed by atoms with E-state index in [4.69, 9.17) is 22.0 Å². The largest absolute Gasteiger partial charge is 0.478 e. The van der Waals surface area contributed by atoms with Crippen LogP contribution in [0, 0.1) is 11.3 Å². The number of aromatic carboxylic acids is 1. The number of pyridine rings is 1. The Morgan fingerprint density at radius 3 is 2.62 bits per heavy atom. The molecule has 2 rings (SSSR count). The molecule has 6 heteroatoms. The Morgan fingerprint density at radius 1 is 1.38 bits per heavy atom. The lowest BCUT2D eigenvalue weighted by Crippen LogP contribution is -2.18. The number of carbonyl (C=O) groups is 1. The molecule has 21 heavy (non-hydrogen) atoms. The summed E-state index contributed by atoms with van der Waals surface area (Å²) in [6, 6.07) is 10.1. The molecule has 0 spiro atoms. The van der Waals surface area contributed by atoms with Crippen LogP contribution in [0.25, 0.3) is 0 Å². The summed E-state index contributed by atoms with van der Waals surface area (Å²) in [7, 11) is 1.81. The number of rotatable bonds is 4. The van der Waals surface area contributed by atoms with Gasteiger partial charge < -0.3 is 10.0 Å². The van der Waals surface area contributed by atoms with Crippen LogP contribution in [0.3, 0.4) is 0 Å². The Morgan fingerprint density at radius 2 is 2.05 bits per heavy atom. The van der Waals surface area contributed by atoms with Crippen LogP contribution in [0.15, 0.2) is 36.5 Å². The fourth-order valence-corrected chi connectivity index (χ4v) is 2.18. The van der Waals surface area contributed by atoms with Gasteiger partial charge in [-0.1, -0.05) is 23.7 Å². The molecular weight excluding hydrogens is 290 g/mol. The molecule has 1 heterocycles. The summed E-state index contributed by atoms with van der Waals surface area (Å²) in [6.07, 6.45) is 1.53. The van der Waals surface area contributed by atoms with Crippen LogP contribution >= 0.6 is 11.6 Å². The Hall–Kier alpha value is -2.58. The second kappa shape index (κ2) is 6.25. The highest BCUT2D eigenvalue weighted by molar-refractivity contribution is 6.34. The lowest BCUT2D eigenvalue weighted by molar-refractivity contribution is 0.0697. The fourth-order valence-electron chi connectivity index (χ4n) is 1.89. The van der Waals surface area contributed by atoms with Gasteiger partial charge in [-0.05, 0) is 23.8 Å². The molecule has 0 radical (unpaired) electrons. The number of nitrogens with zero attached hydrogens (tertiary/aromatic N) is 3. The maximum Gasteiger partial charge on any atom is 0.335 e. The lowest BCUT2D eigenvalue weighted by atomic mass is 10.1. The van der Waals surface area contributed by atoms with Crippen molar-refractivity contribution < 1.29 is 9.90 Å². The number of carboxylic acid groups (broad SMARTS) is 1. The minimum Gasteiger partial charge on any atom is -0.478 e. The maximum absolute atomic E-state index is 10.8. The number of carboxylic acids is 1. The van der Waals surface area contributed by atoms with Gasteiger partial charge in [0.1, 0.15) is 16.9 Å². The second-order valence-electron chi connectivity index (χ2n) is 4.47. The SMILES string of the molecule is CN(Cc1ccc(C(=O)O)cc1)c1nccc(C#N)c1Cl. The average Bonchev–Trinajstić information content (AvgIpc) is 2.48. The van der Waals surface area contributed by atoms with Crippen molar-refractivity contribution in [3.8, 4) is 6.07 Å². The van der Waals surface area contributed by atoms with E-state index in [2.05, 4.69) is 4.98 Å². The predicted octanol–water partition coefficient (Wildman–Crippen LogP) is 2.94. The van der Waals surface area contributed by atoms with Crippen LogP contribution < -0.4 is 4.90 Å². The Bertz CT molecular complexity index is 708. The molecule has 0 saturated heterocycles. The van der Waals surface area contributed by atoms with E-state index in [1.165, 1.54) is 6.20 Å². The Kier molecular flexibility index (Phi) is 4.41. The van der Waals surface area contributed by atoms with Crippen LogP contribution in [0.5, 0.6) is 0 Å². The van der Waals surface area contributed by atoms with E-state index in [-0.39, 0.29) is 5.56 Å². The number of benzene rings is 1. The van der Waals surface area contributed by atoms with Crippen molar-refractivity contribution in [3.63, 3.8) is 0 Å².